The minimum absolute atomic E-state index is 0.146. The largest absolute Gasteiger partial charge is 0.326 e. The maximum atomic E-state index is 14.1. The molecule has 0 bridgehead atoms. The lowest BCUT2D eigenvalue weighted by atomic mass is 10.0. The lowest BCUT2D eigenvalue weighted by Crippen LogP contribution is -2.28. The minimum atomic E-state index is -1.56. The second kappa shape index (κ2) is 8.16. The molecule has 0 spiro atoms. The van der Waals surface area contributed by atoms with Gasteiger partial charge < -0.3 is 14.7 Å². The van der Waals surface area contributed by atoms with Gasteiger partial charge in [-0.3, -0.25) is 9.59 Å². The van der Waals surface area contributed by atoms with Gasteiger partial charge in [0, 0.05) is 21.7 Å². The Bertz CT molecular complexity index is 1450. The van der Waals surface area contributed by atoms with Crippen LogP contribution in [-0.4, -0.2) is 9.97 Å². The SMILES string of the molecule is Cc1cc2[nH]c(=O)c(=O)[nH]c2cc1SNc1ccc(-c2ccc(F)c(F)c2F)c(Cl)c1. The molecule has 0 saturated heterocycles. The van der Waals surface area contributed by atoms with Crippen LogP contribution in [0.5, 0.6) is 0 Å². The van der Waals surface area contributed by atoms with E-state index >= 15 is 0 Å². The maximum absolute atomic E-state index is 14.1. The van der Waals surface area contributed by atoms with E-state index in [1.807, 2.05) is 6.92 Å². The van der Waals surface area contributed by atoms with Crippen molar-refractivity contribution >= 4 is 40.3 Å². The number of fused-ring (bicyclic) bond motifs is 1. The topological polar surface area (TPSA) is 77.8 Å². The molecule has 4 aromatic rings. The van der Waals surface area contributed by atoms with Crippen LogP contribution in [-0.2, 0) is 0 Å². The van der Waals surface area contributed by atoms with Crippen LogP contribution in [0.4, 0.5) is 18.9 Å². The van der Waals surface area contributed by atoms with Gasteiger partial charge in [-0.05, 0) is 60.8 Å². The Morgan fingerprint density at radius 3 is 2.19 bits per heavy atom. The first-order valence-electron chi connectivity index (χ1n) is 8.88. The van der Waals surface area contributed by atoms with Gasteiger partial charge >= 0.3 is 11.1 Å². The molecule has 0 radical (unpaired) electrons. The molecule has 3 aromatic carbocycles. The van der Waals surface area contributed by atoms with Crippen LogP contribution in [0.3, 0.4) is 0 Å². The van der Waals surface area contributed by atoms with E-state index in [1.54, 1.807) is 18.2 Å². The molecule has 10 heteroatoms. The molecule has 0 fully saturated rings. The second-order valence-electron chi connectivity index (χ2n) is 6.69. The summed E-state index contributed by atoms with van der Waals surface area (Å²) in [6, 6.07) is 10.1. The average molecular weight is 464 g/mol. The quantitative estimate of drug-likeness (QED) is 0.216. The van der Waals surface area contributed by atoms with Crippen molar-refractivity contribution < 1.29 is 13.2 Å². The summed E-state index contributed by atoms with van der Waals surface area (Å²) in [6.45, 7) is 1.84. The number of aryl methyl sites for hydroxylation is 1. The minimum Gasteiger partial charge on any atom is -0.326 e. The predicted octanol–water partition coefficient (Wildman–Crippen LogP) is 5.38. The van der Waals surface area contributed by atoms with Crippen LogP contribution in [0.25, 0.3) is 22.2 Å². The molecule has 0 aliphatic rings. The molecular formula is C21H13ClF3N3O2S. The number of aromatic nitrogens is 2. The van der Waals surface area contributed by atoms with Crippen molar-refractivity contribution in [1.29, 1.82) is 0 Å². The van der Waals surface area contributed by atoms with Crippen molar-refractivity contribution in [3.63, 3.8) is 0 Å². The molecule has 4 rings (SSSR count). The fraction of sp³-hybridized carbons (Fsp3) is 0.0476. The summed E-state index contributed by atoms with van der Waals surface area (Å²) in [7, 11) is 0. The molecule has 31 heavy (non-hydrogen) atoms. The Morgan fingerprint density at radius 1 is 0.871 bits per heavy atom. The number of nitrogens with one attached hydrogen (secondary N) is 3. The summed E-state index contributed by atoms with van der Waals surface area (Å²) in [5, 5.41) is 0.146. The van der Waals surface area contributed by atoms with E-state index < -0.39 is 28.6 Å². The van der Waals surface area contributed by atoms with Crippen LogP contribution in [0.1, 0.15) is 5.56 Å². The van der Waals surface area contributed by atoms with Crippen LogP contribution in [0.15, 0.2) is 56.9 Å². The Kier molecular flexibility index (Phi) is 5.55. The highest BCUT2D eigenvalue weighted by molar-refractivity contribution is 8.00. The first-order chi connectivity index (χ1) is 14.7. The molecule has 5 nitrogen and oxygen atoms in total. The third-order valence-corrected chi connectivity index (χ3v) is 5.90. The number of rotatable bonds is 4. The number of benzene rings is 3. The van der Waals surface area contributed by atoms with E-state index in [9.17, 15) is 22.8 Å². The fourth-order valence-corrected chi connectivity index (χ4v) is 4.04. The Hall–Kier alpha value is -3.17. The van der Waals surface area contributed by atoms with Crippen LogP contribution < -0.4 is 15.8 Å². The molecule has 0 aliphatic heterocycles. The van der Waals surface area contributed by atoms with E-state index in [0.717, 1.165) is 22.6 Å². The Balaban J connectivity index is 1.60. The van der Waals surface area contributed by atoms with Crippen molar-refractivity contribution in [3.8, 4) is 11.1 Å². The number of H-pyrrole nitrogens is 2. The number of halogens is 4. The first kappa shape index (κ1) is 21.1. The lowest BCUT2D eigenvalue weighted by molar-refractivity contribution is 0.449. The maximum Gasteiger partial charge on any atom is 0.314 e. The number of anilines is 1. The summed E-state index contributed by atoms with van der Waals surface area (Å²) < 4.78 is 43.9. The van der Waals surface area contributed by atoms with Gasteiger partial charge in [0.05, 0.1) is 16.1 Å². The van der Waals surface area contributed by atoms with E-state index in [2.05, 4.69) is 14.7 Å². The van der Waals surface area contributed by atoms with Gasteiger partial charge in [-0.25, -0.2) is 13.2 Å². The average Bonchev–Trinajstić information content (AvgIpc) is 2.73. The van der Waals surface area contributed by atoms with Gasteiger partial charge in [0.25, 0.3) is 0 Å². The highest BCUT2D eigenvalue weighted by Gasteiger charge is 2.17. The molecular weight excluding hydrogens is 451 g/mol. The van der Waals surface area contributed by atoms with Crippen molar-refractivity contribution in [2.75, 3.05) is 4.72 Å². The zero-order chi connectivity index (χ0) is 22.3. The third-order valence-electron chi connectivity index (χ3n) is 4.59. The molecule has 3 N–H and O–H groups in total. The van der Waals surface area contributed by atoms with Gasteiger partial charge in [0.1, 0.15) is 0 Å². The summed E-state index contributed by atoms with van der Waals surface area (Å²) >= 11 is 7.48. The Labute approximate surface area is 182 Å². The molecule has 1 heterocycles. The van der Waals surface area contributed by atoms with E-state index in [-0.39, 0.29) is 16.1 Å². The van der Waals surface area contributed by atoms with Gasteiger partial charge in [-0.1, -0.05) is 17.7 Å². The summed E-state index contributed by atoms with van der Waals surface area (Å²) in [5.41, 5.74) is 1.01. The monoisotopic (exact) mass is 463 g/mol. The molecule has 0 atom stereocenters. The van der Waals surface area contributed by atoms with Gasteiger partial charge in [0.15, 0.2) is 17.5 Å². The summed E-state index contributed by atoms with van der Waals surface area (Å²) in [5.74, 6) is -4.14. The second-order valence-corrected chi connectivity index (χ2v) is 7.95. The molecule has 1 aromatic heterocycles. The molecule has 158 valence electrons. The van der Waals surface area contributed by atoms with Gasteiger partial charge in [-0.15, -0.1) is 0 Å². The van der Waals surface area contributed by atoms with Crippen LogP contribution in [0.2, 0.25) is 5.02 Å². The van der Waals surface area contributed by atoms with E-state index in [1.165, 1.54) is 24.1 Å². The van der Waals surface area contributed by atoms with Crippen molar-refractivity contribution in [1.82, 2.24) is 9.97 Å². The van der Waals surface area contributed by atoms with Crippen molar-refractivity contribution in [3.05, 3.63) is 91.2 Å². The highest BCUT2D eigenvalue weighted by Crippen LogP contribution is 2.35. The van der Waals surface area contributed by atoms with E-state index in [4.69, 9.17) is 11.6 Å². The molecule has 0 unspecified atom stereocenters. The van der Waals surface area contributed by atoms with Gasteiger partial charge in [0.2, 0.25) is 0 Å². The lowest BCUT2D eigenvalue weighted by Gasteiger charge is -2.12. The summed E-state index contributed by atoms with van der Waals surface area (Å²) in [6.07, 6.45) is 0. The standard InChI is InChI=1S/C21H13ClF3N3O2S/c1-9-6-15-16(27-21(30)20(29)26-15)8-17(9)31-28-10-2-3-11(13(22)7-10)12-4-5-14(23)19(25)18(12)24/h2-8,28H,1H3,(H,26,29)(H,27,30). The number of aromatic amines is 2. The number of hydrogen-bond donors (Lipinski definition) is 3. The normalized spacial score (nSPS) is 11.1. The predicted molar refractivity (Wildman–Crippen MR) is 116 cm³/mol. The Morgan fingerprint density at radius 2 is 1.52 bits per heavy atom. The molecule has 0 amide bonds. The molecule has 0 aliphatic carbocycles. The smallest absolute Gasteiger partial charge is 0.314 e. The zero-order valence-corrected chi connectivity index (χ0v) is 17.4. The molecule has 0 saturated carbocycles. The zero-order valence-electron chi connectivity index (χ0n) is 15.8. The number of hydrogen-bond acceptors (Lipinski definition) is 4. The van der Waals surface area contributed by atoms with Crippen LogP contribution in [0, 0.1) is 24.4 Å². The van der Waals surface area contributed by atoms with Crippen LogP contribution >= 0.6 is 23.5 Å². The summed E-state index contributed by atoms with van der Waals surface area (Å²) in [4.78, 5) is 28.8. The third kappa shape index (κ3) is 4.06. The van der Waals surface area contributed by atoms with Gasteiger partial charge in [-0.2, -0.15) is 0 Å². The van der Waals surface area contributed by atoms with E-state index in [0.29, 0.717) is 16.7 Å². The van der Waals surface area contributed by atoms with Crippen molar-refractivity contribution in [2.45, 2.75) is 11.8 Å². The highest BCUT2D eigenvalue weighted by atomic mass is 35.5. The fourth-order valence-electron chi connectivity index (χ4n) is 3.01. The first-order valence-corrected chi connectivity index (χ1v) is 10.1. The van der Waals surface area contributed by atoms with Crippen molar-refractivity contribution in [2.24, 2.45) is 0 Å².